The Morgan fingerprint density at radius 2 is 1.88 bits per heavy atom. The first kappa shape index (κ1) is 18.5. The fraction of sp³-hybridized carbons (Fsp3) is 0.350. The van der Waals surface area contributed by atoms with Crippen LogP contribution in [0, 0.1) is 0 Å². The highest BCUT2D eigenvalue weighted by atomic mass is 32.1. The van der Waals surface area contributed by atoms with Crippen LogP contribution in [0.3, 0.4) is 0 Å². The predicted octanol–water partition coefficient (Wildman–Crippen LogP) is 3.12. The molecule has 1 aliphatic rings. The van der Waals surface area contributed by atoms with Gasteiger partial charge in [0.15, 0.2) is 11.5 Å². The average molecular weight is 372 g/mol. The van der Waals surface area contributed by atoms with Gasteiger partial charge < -0.3 is 14.4 Å². The van der Waals surface area contributed by atoms with Gasteiger partial charge in [-0.15, -0.1) is 11.3 Å². The molecule has 138 valence electrons. The number of hydrogen-bond acceptors (Lipinski definition) is 5. The first-order chi connectivity index (χ1) is 12.7. The van der Waals surface area contributed by atoms with Crippen molar-refractivity contribution in [2.24, 2.45) is 0 Å². The molecule has 2 heterocycles. The second kappa shape index (κ2) is 8.87. The number of methoxy groups -OCH3 is 2. The number of benzene rings is 1. The van der Waals surface area contributed by atoms with Crippen molar-refractivity contribution in [3.05, 3.63) is 52.2 Å². The van der Waals surface area contributed by atoms with E-state index in [1.807, 2.05) is 29.2 Å². The molecule has 0 unspecified atom stereocenters. The molecule has 5 nitrogen and oxygen atoms in total. The Kier molecular flexibility index (Phi) is 6.30. The normalized spacial score (nSPS) is 15.4. The largest absolute Gasteiger partial charge is 0.493 e. The van der Waals surface area contributed by atoms with Crippen LogP contribution >= 0.6 is 11.3 Å². The summed E-state index contributed by atoms with van der Waals surface area (Å²) >= 11 is 1.78. The summed E-state index contributed by atoms with van der Waals surface area (Å²) in [6, 6.07) is 9.85. The molecule has 1 aliphatic heterocycles. The van der Waals surface area contributed by atoms with E-state index in [1.165, 1.54) is 4.88 Å². The number of hydrogen-bond donors (Lipinski definition) is 0. The summed E-state index contributed by atoms with van der Waals surface area (Å²) in [4.78, 5) is 18.1. The van der Waals surface area contributed by atoms with E-state index in [4.69, 9.17) is 9.47 Å². The summed E-state index contributed by atoms with van der Waals surface area (Å²) in [7, 11) is 3.21. The van der Waals surface area contributed by atoms with Crippen LogP contribution < -0.4 is 9.47 Å². The topological polar surface area (TPSA) is 42.0 Å². The molecule has 1 aromatic carbocycles. The van der Waals surface area contributed by atoms with Crippen molar-refractivity contribution in [1.82, 2.24) is 9.80 Å². The molecule has 1 aromatic heterocycles. The molecular weight excluding hydrogens is 348 g/mol. The van der Waals surface area contributed by atoms with Gasteiger partial charge in [-0.05, 0) is 35.2 Å². The number of carbonyl (C=O) groups excluding carboxylic acids is 1. The van der Waals surface area contributed by atoms with Crippen molar-refractivity contribution in [3.63, 3.8) is 0 Å². The van der Waals surface area contributed by atoms with Gasteiger partial charge in [0, 0.05) is 43.7 Å². The molecule has 0 saturated carbocycles. The third-order valence-electron chi connectivity index (χ3n) is 4.47. The summed E-state index contributed by atoms with van der Waals surface area (Å²) in [6.45, 7) is 4.32. The lowest BCUT2D eigenvalue weighted by Gasteiger charge is -2.34. The third-order valence-corrected chi connectivity index (χ3v) is 5.33. The molecule has 2 aromatic rings. The van der Waals surface area contributed by atoms with E-state index in [9.17, 15) is 4.79 Å². The quantitative estimate of drug-likeness (QED) is 0.731. The molecule has 1 amide bonds. The van der Waals surface area contributed by atoms with Crippen molar-refractivity contribution < 1.29 is 14.3 Å². The van der Waals surface area contributed by atoms with E-state index in [2.05, 4.69) is 22.4 Å². The van der Waals surface area contributed by atoms with E-state index in [1.54, 1.807) is 31.6 Å². The fourth-order valence-electron chi connectivity index (χ4n) is 2.98. The molecule has 1 saturated heterocycles. The van der Waals surface area contributed by atoms with E-state index in [0.29, 0.717) is 11.5 Å². The summed E-state index contributed by atoms with van der Waals surface area (Å²) in [5.41, 5.74) is 0.910. The van der Waals surface area contributed by atoms with Crippen LogP contribution in [0.15, 0.2) is 41.8 Å². The predicted molar refractivity (Wildman–Crippen MR) is 105 cm³/mol. The van der Waals surface area contributed by atoms with Crippen LogP contribution in [-0.2, 0) is 11.3 Å². The Hall–Kier alpha value is -2.31. The standard InChI is InChI=1S/C20H24N2O3S/c1-24-18-7-5-16(14-19(18)25-2)6-8-20(23)22-11-9-21(10-12-22)15-17-4-3-13-26-17/h3-8,13-14H,9-12,15H2,1-2H3/b8-6+. The van der Waals surface area contributed by atoms with Gasteiger partial charge in [0.2, 0.25) is 5.91 Å². The van der Waals surface area contributed by atoms with E-state index < -0.39 is 0 Å². The van der Waals surface area contributed by atoms with E-state index >= 15 is 0 Å². The summed E-state index contributed by atoms with van der Waals surface area (Å²) < 4.78 is 10.5. The molecule has 0 aliphatic carbocycles. The van der Waals surface area contributed by atoms with Gasteiger partial charge in [-0.3, -0.25) is 9.69 Å². The molecule has 0 atom stereocenters. The Bertz CT molecular complexity index is 750. The van der Waals surface area contributed by atoms with E-state index in [0.717, 1.165) is 38.3 Å². The highest BCUT2D eigenvalue weighted by Gasteiger charge is 2.19. The molecule has 26 heavy (non-hydrogen) atoms. The monoisotopic (exact) mass is 372 g/mol. The summed E-state index contributed by atoms with van der Waals surface area (Å²) in [5, 5.41) is 2.11. The molecule has 0 bridgehead atoms. The minimum Gasteiger partial charge on any atom is -0.493 e. The molecule has 0 radical (unpaired) electrons. The average Bonchev–Trinajstić information content (AvgIpc) is 3.19. The highest BCUT2D eigenvalue weighted by molar-refractivity contribution is 7.09. The first-order valence-electron chi connectivity index (χ1n) is 8.63. The van der Waals surface area contributed by atoms with Crippen LogP contribution in [0.4, 0.5) is 0 Å². The molecule has 1 fully saturated rings. The maximum Gasteiger partial charge on any atom is 0.246 e. The maximum atomic E-state index is 12.4. The Morgan fingerprint density at radius 1 is 1.12 bits per heavy atom. The zero-order valence-electron chi connectivity index (χ0n) is 15.2. The van der Waals surface area contributed by atoms with Crippen LogP contribution in [0.5, 0.6) is 11.5 Å². The second-order valence-electron chi connectivity index (χ2n) is 6.13. The zero-order valence-corrected chi connectivity index (χ0v) is 16.0. The smallest absolute Gasteiger partial charge is 0.246 e. The Labute approximate surface area is 158 Å². The van der Waals surface area contributed by atoms with Gasteiger partial charge in [-0.1, -0.05) is 12.1 Å². The maximum absolute atomic E-state index is 12.4. The van der Waals surface area contributed by atoms with Crippen molar-refractivity contribution in [2.75, 3.05) is 40.4 Å². The molecule has 0 spiro atoms. The van der Waals surface area contributed by atoms with Crippen molar-refractivity contribution in [2.45, 2.75) is 6.54 Å². The minimum atomic E-state index is 0.0514. The number of amides is 1. The van der Waals surface area contributed by atoms with Crippen LogP contribution in [0.2, 0.25) is 0 Å². The minimum absolute atomic E-state index is 0.0514. The second-order valence-corrected chi connectivity index (χ2v) is 7.16. The lowest BCUT2D eigenvalue weighted by Crippen LogP contribution is -2.47. The van der Waals surface area contributed by atoms with Crippen molar-refractivity contribution in [3.8, 4) is 11.5 Å². The lowest BCUT2D eigenvalue weighted by atomic mass is 10.2. The van der Waals surface area contributed by atoms with Crippen LogP contribution in [-0.4, -0.2) is 56.1 Å². The fourth-order valence-corrected chi connectivity index (χ4v) is 3.72. The van der Waals surface area contributed by atoms with Crippen molar-refractivity contribution >= 4 is 23.3 Å². The molecule has 0 N–H and O–H groups in total. The first-order valence-corrected chi connectivity index (χ1v) is 9.51. The SMILES string of the molecule is COc1ccc(/C=C/C(=O)N2CCN(Cc3cccs3)CC2)cc1OC. The number of carbonyl (C=O) groups is 1. The molecular formula is C20H24N2O3S. The van der Waals surface area contributed by atoms with Gasteiger partial charge >= 0.3 is 0 Å². The summed E-state index contributed by atoms with van der Waals surface area (Å²) in [6.07, 6.45) is 3.46. The Morgan fingerprint density at radius 3 is 2.54 bits per heavy atom. The summed E-state index contributed by atoms with van der Waals surface area (Å²) in [5.74, 6) is 1.39. The number of piperazine rings is 1. The molecule has 3 rings (SSSR count). The van der Waals surface area contributed by atoms with Gasteiger partial charge in [0.05, 0.1) is 14.2 Å². The van der Waals surface area contributed by atoms with Crippen LogP contribution in [0.1, 0.15) is 10.4 Å². The number of ether oxygens (including phenoxy) is 2. The van der Waals surface area contributed by atoms with Gasteiger partial charge in [-0.2, -0.15) is 0 Å². The molecule has 6 heteroatoms. The zero-order chi connectivity index (χ0) is 18.4. The van der Waals surface area contributed by atoms with Gasteiger partial charge in [-0.25, -0.2) is 0 Å². The number of nitrogens with zero attached hydrogens (tertiary/aromatic N) is 2. The lowest BCUT2D eigenvalue weighted by molar-refractivity contribution is -0.127. The van der Waals surface area contributed by atoms with Gasteiger partial charge in [0.25, 0.3) is 0 Å². The van der Waals surface area contributed by atoms with Crippen molar-refractivity contribution in [1.29, 1.82) is 0 Å². The number of rotatable bonds is 6. The third kappa shape index (κ3) is 4.65. The highest BCUT2D eigenvalue weighted by Crippen LogP contribution is 2.28. The number of thiophene rings is 1. The van der Waals surface area contributed by atoms with E-state index in [-0.39, 0.29) is 5.91 Å². The van der Waals surface area contributed by atoms with Crippen LogP contribution in [0.25, 0.3) is 6.08 Å². The Balaban J connectivity index is 1.53. The van der Waals surface area contributed by atoms with Gasteiger partial charge in [0.1, 0.15) is 0 Å².